The lowest BCUT2D eigenvalue weighted by atomic mass is 10.0. The summed E-state index contributed by atoms with van der Waals surface area (Å²) in [5, 5.41) is 0. The summed E-state index contributed by atoms with van der Waals surface area (Å²) in [6.07, 6.45) is 21.4. The summed E-state index contributed by atoms with van der Waals surface area (Å²) in [6, 6.07) is 0. The van der Waals surface area contributed by atoms with E-state index in [1.807, 2.05) is 0 Å². The highest BCUT2D eigenvalue weighted by Gasteiger charge is 1.93. The van der Waals surface area contributed by atoms with Gasteiger partial charge < -0.3 is 0 Å². The Labute approximate surface area is 122 Å². The van der Waals surface area contributed by atoms with E-state index in [1.54, 1.807) is 0 Å². The van der Waals surface area contributed by atoms with Crippen LogP contribution in [0.4, 0.5) is 0 Å². The van der Waals surface area contributed by atoms with E-state index in [0.29, 0.717) is 7.93 Å². The molecule has 0 spiro atoms. The van der Waals surface area contributed by atoms with E-state index in [4.69, 9.17) is 11.2 Å². The minimum Gasteiger partial charge on any atom is -0.100 e. The quantitative estimate of drug-likeness (QED) is 0.219. The molecule has 0 radical (unpaired) electrons. The van der Waals surface area contributed by atoms with Crippen molar-refractivity contribution in [1.82, 2.24) is 0 Å². The van der Waals surface area contributed by atoms with Crippen LogP contribution in [0.2, 0.25) is 0 Å². The molecule has 0 rings (SSSR count). The molecule has 0 nitrogen and oxygen atoms in total. The highest BCUT2D eigenvalue weighted by atomic mass is 35.7. The lowest BCUT2D eigenvalue weighted by Crippen LogP contribution is -1.83. The molecule has 18 heavy (non-hydrogen) atoms. The first-order valence-corrected chi connectivity index (χ1v) is 10.5. The Kier molecular flexibility index (Phi) is 18.4. The maximum atomic E-state index is 5.68. The second-order valence-corrected chi connectivity index (χ2v) is 7.05. The van der Waals surface area contributed by atoms with Gasteiger partial charge in [0.1, 0.15) is 0 Å². The van der Waals surface area contributed by atoms with Crippen molar-refractivity contribution in [2.24, 2.45) is 0 Å². The number of hydrogen-bond acceptors (Lipinski definition) is 0. The molecular weight excluding hydrogens is 259 g/mol. The van der Waals surface area contributed by atoms with Crippen LogP contribution < -0.4 is 0 Å². The molecule has 0 amide bonds. The van der Waals surface area contributed by atoms with Gasteiger partial charge in [0, 0.05) is 0 Å². The van der Waals surface area contributed by atoms with Crippen molar-refractivity contribution in [1.29, 1.82) is 0 Å². The lowest BCUT2D eigenvalue weighted by Gasteiger charge is -2.02. The molecule has 1 atom stereocenters. The first-order chi connectivity index (χ1) is 8.91. The van der Waals surface area contributed by atoms with Gasteiger partial charge in [0.25, 0.3) is 0 Å². The number of hydrogen-bond donors (Lipinski definition) is 0. The minimum absolute atomic E-state index is 0.641. The van der Waals surface area contributed by atoms with Crippen LogP contribution in [-0.4, -0.2) is 6.16 Å². The summed E-state index contributed by atoms with van der Waals surface area (Å²) in [6.45, 7) is 2.29. The van der Waals surface area contributed by atoms with Crippen molar-refractivity contribution in [2.45, 2.75) is 96.8 Å². The molecule has 1 unspecified atom stereocenters. The van der Waals surface area contributed by atoms with E-state index in [0.717, 1.165) is 0 Å². The second kappa shape index (κ2) is 17.7. The van der Waals surface area contributed by atoms with Gasteiger partial charge in [-0.25, -0.2) is 0 Å². The molecule has 0 aliphatic heterocycles. The van der Waals surface area contributed by atoms with Crippen LogP contribution in [0.15, 0.2) is 0 Å². The molecule has 0 saturated heterocycles. The summed E-state index contributed by atoms with van der Waals surface area (Å²) < 4.78 is 0. The molecular formula is C16H34ClP. The van der Waals surface area contributed by atoms with E-state index in [2.05, 4.69) is 6.92 Å². The van der Waals surface area contributed by atoms with E-state index < -0.39 is 0 Å². The Balaban J connectivity index is 2.86. The van der Waals surface area contributed by atoms with Crippen LogP contribution in [0.3, 0.4) is 0 Å². The van der Waals surface area contributed by atoms with Crippen molar-refractivity contribution in [2.75, 3.05) is 6.16 Å². The standard InChI is InChI=1S/C16H34ClP/c1-2-3-4-5-6-7-8-9-10-11-12-13-14-15-16-18-17/h18H,2-16H2,1H3. The maximum absolute atomic E-state index is 5.68. The highest BCUT2D eigenvalue weighted by Crippen LogP contribution is 2.19. The zero-order valence-electron chi connectivity index (χ0n) is 12.5. The van der Waals surface area contributed by atoms with E-state index in [9.17, 15) is 0 Å². The third-order valence-electron chi connectivity index (χ3n) is 3.62. The average molecular weight is 293 g/mol. The van der Waals surface area contributed by atoms with E-state index in [1.165, 1.54) is 96.1 Å². The van der Waals surface area contributed by atoms with Crippen LogP contribution in [0, 0.1) is 0 Å². The van der Waals surface area contributed by atoms with Gasteiger partial charge in [0.2, 0.25) is 0 Å². The van der Waals surface area contributed by atoms with Crippen LogP contribution in [0.25, 0.3) is 0 Å². The van der Waals surface area contributed by atoms with Crippen LogP contribution in [0.5, 0.6) is 0 Å². The number of halogens is 1. The fraction of sp³-hybridized carbons (Fsp3) is 1.00. The van der Waals surface area contributed by atoms with Crippen molar-refractivity contribution in [3.05, 3.63) is 0 Å². The smallest absolute Gasteiger partial charge is 0.0214 e. The molecule has 0 heterocycles. The third kappa shape index (κ3) is 16.7. The molecule has 0 aliphatic rings. The Bertz CT molecular complexity index is 123. The van der Waals surface area contributed by atoms with Crippen LogP contribution >= 0.6 is 19.2 Å². The molecule has 110 valence electrons. The van der Waals surface area contributed by atoms with Gasteiger partial charge in [-0.15, -0.1) is 11.2 Å². The first-order valence-electron chi connectivity index (χ1n) is 8.25. The largest absolute Gasteiger partial charge is 0.100 e. The lowest BCUT2D eigenvalue weighted by molar-refractivity contribution is 0.538. The van der Waals surface area contributed by atoms with Crippen molar-refractivity contribution in [3.8, 4) is 0 Å². The highest BCUT2D eigenvalue weighted by molar-refractivity contribution is 7.68. The van der Waals surface area contributed by atoms with E-state index >= 15 is 0 Å². The van der Waals surface area contributed by atoms with Gasteiger partial charge in [-0.1, -0.05) is 90.4 Å². The fourth-order valence-corrected chi connectivity index (χ4v) is 3.17. The van der Waals surface area contributed by atoms with Gasteiger partial charge in [-0.05, 0) is 20.5 Å². The Morgan fingerprint density at radius 1 is 0.556 bits per heavy atom. The molecule has 0 aromatic rings. The molecule has 0 aliphatic carbocycles. The Hall–Kier alpha value is 0.720. The monoisotopic (exact) mass is 292 g/mol. The average Bonchev–Trinajstić information content (AvgIpc) is 2.39. The van der Waals surface area contributed by atoms with Crippen molar-refractivity contribution in [3.63, 3.8) is 0 Å². The minimum atomic E-state index is 0.641. The van der Waals surface area contributed by atoms with Crippen molar-refractivity contribution >= 4 is 19.2 Å². The SMILES string of the molecule is CCCCCCCCCCCCCCCCPCl. The predicted molar refractivity (Wildman–Crippen MR) is 89.3 cm³/mol. The topological polar surface area (TPSA) is 0 Å². The predicted octanol–water partition coefficient (Wildman–Crippen LogP) is 7.30. The zero-order chi connectivity index (χ0) is 13.3. The third-order valence-corrected chi connectivity index (χ3v) is 4.73. The summed E-state index contributed by atoms with van der Waals surface area (Å²) in [7, 11) is 0.641. The molecule has 0 N–H and O–H groups in total. The molecule has 0 aromatic heterocycles. The summed E-state index contributed by atoms with van der Waals surface area (Å²) in [5.74, 6) is 0. The van der Waals surface area contributed by atoms with Crippen molar-refractivity contribution < 1.29 is 0 Å². The first kappa shape index (κ1) is 18.7. The van der Waals surface area contributed by atoms with Gasteiger partial charge in [-0.3, -0.25) is 0 Å². The van der Waals surface area contributed by atoms with Gasteiger partial charge >= 0.3 is 0 Å². The second-order valence-electron chi connectivity index (χ2n) is 5.48. The fourth-order valence-electron chi connectivity index (χ4n) is 2.39. The summed E-state index contributed by atoms with van der Waals surface area (Å²) in [4.78, 5) is 0. The van der Waals surface area contributed by atoms with Crippen LogP contribution in [-0.2, 0) is 0 Å². The molecule has 0 fully saturated rings. The molecule has 0 aromatic carbocycles. The summed E-state index contributed by atoms with van der Waals surface area (Å²) >= 11 is 5.68. The zero-order valence-corrected chi connectivity index (χ0v) is 14.2. The number of rotatable bonds is 15. The normalized spacial score (nSPS) is 11.7. The Morgan fingerprint density at radius 2 is 0.889 bits per heavy atom. The maximum Gasteiger partial charge on any atom is -0.0214 e. The molecule has 2 heteroatoms. The van der Waals surface area contributed by atoms with Gasteiger partial charge in [-0.2, -0.15) is 0 Å². The molecule has 0 bridgehead atoms. The number of unbranched alkanes of at least 4 members (excludes halogenated alkanes) is 13. The Morgan fingerprint density at radius 3 is 1.22 bits per heavy atom. The van der Waals surface area contributed by atoms with Crippen LogP contribution in [0.1, 0.15) is 96.8 Å². The van der Waals surface area contributed by atoms with Gasteiger partial charge in [0.15, 0.2) is 0 Å². The summed E-state index contributed by atoms with van der Waals surface area (Å²) in [5.41, 5.74) is 0. The van der Waals surface area contributed by atoms with E-state index in [-0.39, 0.29) is 0 Å². The molecule has 0 saturated carbocycles. The van der Waals surface area contributed by atoms with Gasteiger partial charge in [0.05, 0.1) is 0 Å².